The van der Waals surface area contributed by atoms with Gasteiger partial charge < -0.3 is 9.05 Å². The van der Waals surface area contributed by atoms with Gasteiger partial charge in [0.1, 0.15) is 0 Å². The summed E-state index contributed by atoms with van der Waals surface area (Å²) >= 11 is 0. The van der Waals surface area contributed by atoms with Crippen LogP contribution < -0.4 is 0 Å². The van der Waals surface area contributed by atoms with Crippen LogP contribution in [0, 0.1) is 11.3 Å². The van der Waals surface area contributed by atoms with Crippen LogP contribution in [0.5, 0.6) is 0 Å². The van der Waals surface area contributed by atoms with E-state index in [1.807, 2.05) is 0 Å². The zero-order chi connectivity index (χ0) is 16.7. The highest BCUT2D eigenvalue weighted by molar-refractivity contribution is 7.41. The Balaban J connectivity index is 2.77. The average Bonchev–Trinajstić information content (AvgIpc) is 2.25. The maximum Gasteiger partial charge on any atom is 0.458 e. The molecule has 1 saturated heterocycles. The summed E-state index contributed by atoms with van der Waals surface area (Å²) in [5, 5.41) is 0. The molecular formula is C10H14F7O3P. The highest BCUT2D eigenvalue weighted by atomic mass is 31.2. The van der Waals surface area contributed by atoms with Gasteiger partial charge in [-0.05, 0) is 5.41 Å². The van der Waals surface area contributed by atoms with Crippen molar-refractivity contribution >= 4 is 8.60 Å². The molecule has 0 aromatic carbocycles. The van der Waals surface area contributed by atoms with Crippen molar-refractivity contribution in [3.05, 3.63) is 0 Å². The second-order valence-electron chi connectivity index (χ2n) is 5.56. The van der Waals surface area contributed by atoms with E-state index < -0.39 is 26.8 Å². The zero-order valence-electron chi connectivity index (χ0n) is 11.3. The standard InChI is InChI=1S/C10H14F7O3P/c1-7(2,3)6-4-18-21(19-5-6)20-8(11,9(12,13)14)10(15,16)17/h6H,4-5H2,1-3H3. The van der Waals surface area contributed by atoms with Crippen LogP contribution in [0.4, 0.5) is 30.7 Å². The van der Waals surface area contributed by atoms with Gasteiger partial charge in [0.2, 0.25) is 0 Å². The van der Waals surface area contributed by atoms with Crippen LogP contribution in [0.2, 0.25) is 0 Å². The Hall–Kier alpha value is -0.180. The topological polar surface area (TPSA) is 27.7 Å². The molecular weight excluding hydrogens is 332 g/mol. The Morgan fingerprint density at radius 1 is 0.857 bits per heavy atom. The summed E-state index contributed by atoms with van der Waals surface area (Å²) in [6.07, 6.45) is -12.6. The Morgan fingerprint density at radius 2 is 1.24 bits per heavy atom. The lowest BCUT2D eigenvalue weighted by atomic mass is 9.82. The van der Waals surface area contributed by atoms with Crippen LogP contribution in [0.3, 0.4) is 0 Å². The van der Waals surface area contributed by atoms with E-state index in [1.54, 1.807) is 20.8 Å². The molecule has 1 aliphatic heterocycles. The van der Waals surface area contributed by atoms with Crippen molar-refractivity contribution in [3.63, 3.8) is 0 Å². The SMILES string of the molecule is CC(C)(C)C1COP(OC(F)(C(F)(F)F)C(F)(F)F)OC1. The van der Waals surface area contributed by atoms with Crippen molar-refractivity contribution in [1.29, 1.82) is 0 Å². The van der Waals surface area contributed by atoms with E-state index in [0.29, 0.717) is 0 Å². The van der Waals surface area contributed by atoms with Gasteiger partial charge in [-0.25, -0.2) is 0 Å². The first-order valence-corrected chi connectivity index (χ1v) is 6.85. The molecule has 1 aliphatic rings. The normalized spacial score (nSPS) is 26.0. The highest BCUT2D eigenvalue weighted by Gasteiger charge is 2.76. The number of hydrogen-bond donors (Lipinski definition) is 0. The van der Waals surface area contributed by atoms with Gasteiger partial charge in [-0.15, -0.1) is 0 Å². The molecule has 0 unspecified atom stereocenters. The molecule has 0 spiro atoms. The predicted molar refractivity (Wildman–Crippen MR) is 58.8 cm³/mol. The van der Waals surface area contributed by atoms with E-state index in [1.165, 1.54) is 0 Å². The van der Waals surface area contributed by atoms with Crippen LogP contribution in [0.15, 0.2) is 0 Å². The summed E-state index contributed by atoms with van der Waals surface area (Å²) in [6.45, 7) is 5.03. The molecule has 0 aliphatic carbocycles. The highest BCUT2D eigenvalue weighted by Crippen LogP contribution is 2.57. The minimum atomic E-state index is -6.29. The lowest BCUT2D eigenvalue weighted by molar-refractivity contribution is -0.408. The summed E-state index contributed by atoms with van der Waals surface area (Å²) in [6, 6.07) is 0. The van der Waals surface area contributed by atoms with Gasteiger partial charge in [0.05, 0.1) is 13.2 Å². The Bertz CT molecular complexity index is 341. The van der Waals surface area contributed by atoms with Crippen LogP contribution >= 0.6 is 8.60 Å². The number of hydrogen-bond acceptors (Lipinski definition) is 3. The molecule has 0 aromatic rings. The van der Waals surface area contributed by atoms with Crippen LogP contribution in [0.1, 0.15) is 20.8 Å². The molecule has 0 atom stereocenters. The molecule has 126 valence electrons. The lowest BCUT2D eigenvalue weighted by Gasteiger charge is -2.38. The summed E-state index contributed by atoms with van der Waals surface area (Å²) in [7, 11) is -3.08. The third kappa shape index (κ3) is 4.18. The van der Waals surface area contributed by atoms with Gasteiger partial charge in [-0.1, -0.05) is 20.8 Å². The first-order chi connectivity index (χ1) is 9.18. The fourth-order valence-corrected chi connectivity index (χ4v) is 2.50. The Morgan fingerprint density at radius 3 is 1.52 bits per heavy atom. The third-order valence-electron chi connectivity index (χ3n) is 2.92. The van der Waals surface area contributed by atoms with Crippen LogP contribution in [-0.4, -0.2) is 31.4 Å². The number of rotatable bonds is 2. The lowest BCUT2D eigenvalue weighted by Crippen LogP contribution is -2.54. The molecule has 0 radical (unpaired) electrons. The van der Waals surface area contributed by atoms with Gasteiger partial charge in [0, 0.05) is 5.92 Å². The molecule has 0 amide bonds. The number of halogens is 7. The largest absolute Gasteiger partial charge is 0.458 e. The van der Waals surface area contributed by atoms with Gasteiger partial charge in [-0.2, -0.15) is 30.7 Å². The van der Waals surface area contributed by atoms with E-state index in [4.69, 9.17) is 0 Å². The number of alkyl halides is 7. The smallest absolute Gasteiger partial charge is 0.312 e. The van der Waals surface area contributed by atoms with Gasteiger partial charge in [-0.3, -0.25) is 4.52 Å². The second-order valence-corrected chi connectivity index (χ2v) is 6.71. The molecule has 0 bridgehead atoms. The molecule has 0 N–H and O–H groups in total. The van der Waals surface area contributed by atoms with E-state index in [-0.39, 0.29) is 24.5 Å². The molecule has 1 heterocycles. The van der Waals surface area contributed by atoms with Crippen LogP contribution in [0.25, 0.3) is 0 Å². The van der Waals surface area contributed by atoms with Crippen LogP contribution in [-0.2, 0) is 13.6 Å². The van der Waals surface area contributed by atoms with Crippen molar-refractivity contribution < 1.29 is 44.3 Å². The van der Waals surface area contributed by atoms with E-state index in [0.717, 1.165) is 0 Å². The third-order valence-corrected chi connectivity index (χ3v) is 4.04. The minimum absolute atomic E-state index is 0.180. The molecule has 11 heteroatoms. The minimum Gasteiger partial charge on any atom is -0.312 e. The molecule has 0 aromatic heterocycles. The maximum atomic E-state index is 13.3. The summed E-state index contributed by atoms with van der Waals surface area (Å²) in [4.78, 5) is 0. The van der Waals surface area contributed by atoms with Crippen molar-refractivity contribution in [3.8, 4) is 0 Å². The summed E-state index contributed by atoms with van der Waals surface area (Å²) in [5.41, 5.74) is -0.331. The Kier molecular flexibility index (Phi) is 5.20. The predicted octanol–water partition coefficient (Wildman–Crippen LogP) is 4.73. The monoisotopic (exact) mass is 346 g/mol. The van der Waals surface area contributed by atoms with E-state index in [2.05, 4.69) is 13.6 Å². The van der Waals surface area contributed by atoms with Crippen molar-refractivity contribution in [1.82, 2.24) is 0 Å². The van der Waals surface area contributed by atoms with Gasteiger partial charge >= 0.3 is 26.8 Å². The molecule has 1 fully saturated rings. The molecule has 21 heavy (non-hydrogen) atoms. The first-order valence-electron chi connectivity index (χ1n) is 5.76. The van der Waals surface area contributed by atoms with Crippen molar-refractivity contribution in [2.75, 3.05) is 13.2 Å². The Labute approximate surface area is 117 Å². The average molecular weight is 346 g/mol. The van der Waals surface area contributed by atoms with Crippen molar-refractivity contribution in [2.24, 2.45) is 11.3 Å². The first kappa shape index (κ1) is 18.9. The second kappa shape index (κ2) is 5.79. The molecule has 0 saturated carbocycles. The van der Waals surface area contributed by atoms with Gasteiger partial charge in [0.25, 0.3) is 0 Å². The quantitative estimate of drug-likeness (QED) is 0.534. The maximum absolute atomic E-state index is 13.3. The fraction of sp³-hybridized carbons (Fsp3) is 1.00. The fourth-order valence-electron chi connectivity index (χ4n) is 1.31. The van der Waals surface area contributed by atoms with Gasteiger partial charge in [0.15, 0.2) is 0 Å². The van der Waals surface area contributed by atoms with E-state index >= 15 is 0 Å². The molecule has 1 rings (SSSR count). The summed E-state index contributed by atoms with van der Waals surface area (Å²) in [5.74, 6) is -6.08. The summed E-state index contributed by atoms with van der Waals surface area (Å²) < 4.78 is 99.9. The zero-order valence-corrected chi connectivity index (χ0v) is 12.2. The van der Waals surface area contributed by atoms with Crippen molar-refractivity contribution in [2.45, 2.75) is 39.0 Å². The molecule has 3 nitrogen and oxygen atoms in total. The van der Waals surface area contributed by atoms with E-state index in [9.17, 15) is 30.7 Å².